The quantitative estimate of drug-likeness (QED) is 0.0706. The third-order valence-electron chi connectivity index (χ3n) is 9.50. The summed E-state index contributed by atoms with van der Waals surface area (Å²) in [4.78, 5) is 38.0. The number of aromatic amines is 3. The van der Waals surface area contributed by atoms with Gasteiger partial charge in [0, 0.05) is 44.9 Å². The molecule has 67 heavy (non-hydrogen) atoms. The molecule has 0 saturated heterocycles. The zero-order valence-corrected chi connectivity index (χ0v) is 36.7. The highest BCUT2D eigenvalue weighted by Crippen LogP contribution is 2.19. The number of hydrogen-bond donors (Lipinski definition) is 6. The van der Waals surface area contributed by atoms with Crippen LogP contribution < -0.4 is 25.5 Å². The maximum absolute atomic E-state index is 12.3. The summed E-state index contributed by atoms with van der Waals surface area (Å²) in [6, 6.07) is 43.6. The number of hydrogen-bond acceptors (Lipinski definition) is 13. The van der Waals surface area contributed by atoms with Crippen molar-refractivity contribution in [2.24, 2.45) is 5.92 Å². The Morgan fingerprint density at radius 3 is 1.30 bits per heavy atom. The maximum atomic E-state index is 12.3. The first-order chi connectivity index (χ1) is 32.6. The molecular formula is C47H45N16O4+. The fourth-order valence-electron chi connectivity index (χ4n) is 5.90. The number of ether oxygens (including phenoxy) is 1. The average molecular weight is 898 g/mol. The van der Waals surface area contributed by atoms with E-state index >= 15 is 0 Å². The van der Waals surface area contributed by atoms with E-state index in [4.69, 9.17) is 4.74 Å². The van der Waals surface area contributed by atoms with E-state index in [1.54, 1.807) is 72.8 Å². The van der Waals surface area contributed by atoms with Crippen molar-refractivity contribution in [3.05, 3.63) is 173 Å². The van der Waals surface area contributed by atoms with Gasteiger partial charge in [-0.3, -0.25) is 14.4 Å². The second-order valence-electron chi connectivity index (χ2n) is 15.2. The molecule has 0 spiro atoms. The van der Waals surface area contributed by atoms with Crippen LogP contribution in [0.1, 0.15) is 56.0 Å². The molecule has 0 saturated carbocycles. The fraction of sp³-hybridized carbons (Fsp3) is 0.128. The smallest absolute Gasteiger partial charge is 0.255 e. The van der Waals surface area contributed by atoms with Crippen LogP contribution in [0.2, 0.25) is 0 Å². The first-order valence-electron chi connectivity index (χ1n) is 20.8. The third kappa shape index (κ3) is 13.3. The fourth-order valence-corrected chi connectivity index (χ4v) is 5.90. The van der Waals surface area contributed by atoms with E-state index in [-0.39, 0.29) is 17.7 Å². The molecule has 9 rings (SSSR count). The van der Waals surface area contributed by atoms with E-state index in [9.17, 15) is 14.4 Å². The van der Waals surface area contributed by atoms with Gasteiger partial charge < -0.3 is 20.7 Å². The van der Waals surface area contributed by atoms with E-state index < -0.39 is 0 Å². The van der Waals surface area contributed by atoms with Crippen molar-refractivity contribution in [2.45, 2.75) is 27.7 Å². The molecule has 3 aromatic heterocycles. The summed E-state index contributed by atoms with van der Waals surface area (Å²) in [5.74, 6) is 1.75. The van der Waals surface area contributed by atoms with Gasteiger partial charge >= 0.3 is 0 Å². The predicted molar refractivity (Wildman–Crippen MR) is 248 cm³/mol. The number of tetrazole rings is 2. The van der Waals surface area contributed by atoms with Crippen molar-refractivity contribution < 1.29 is 23.9 Å². The van der Waals surface area contributed by atoms with Crippen LogP contribution >= 0.6 is 0 Å². The number of anilines is 3. The maximum Gasteiger partial charge on any atom is 0.255 e. The normalized spacial score (nSPS) is 10.5. The minimum atomic E-state index is -0.192. The summed E-state index contributed by atoms with van der Waals surface area (Å²) in [5, 5.41) is 49.2. The number of rotatable bonds is 12. The highest BCUT2D eigenvalue weighted by molar-refractivity contribution is 6.05. The van der Waals surface area contributed by atoms with Crippen molar-refractivity contribution in [3.8, 4) is 34.2 Å². The third-order valence-corrected chi connectivity index (χ3v) is 9.50. The zero-order chi connectivity index (χ0) is 47.0. The molecule has 0 unspecified atom stereocenters. The van der Waals surface area contributed by atoms with Gasteiger partial charge in [-0.15, -0.1) is 20.4 Å². The molecule has 20 nitrogen and oxygen atoms in total. The minimum Gasteiger partial charge on any atom is -0.493 e. The summed E-state index contributed by atoms with van der Waals surface area (Å²) in [6.45, 7) is 8.86. The summed E-state index contributed by atoms with van der Waals surface area (Å²) >= 11 is 0. The van der Waals surface area contributed by atoms with Gasteiger partial charge in [0.1, 0.15) is 11.0 Å². The summed E-state index contributed by atoms with van der Waals surface area (Å²) < 4.78 is 5.63. The number of H-pyrrole nitrogens is 3. The molecule has 6 aromatic carbocycles. The molecule has 0 aliphatic carbocycles. The molecule has 6 N–H and O–H groups in total. The lowest BCUT2D eigenvalue weighted by atomic mass is 10.1. The molecule has 20 heteroatoms. The molecule has 3 heterocycles. The molecule has 0 aliphatic rings. The highest BCUT2D eigenvalue weighted by atomic mass is 16.5. The number of benzene rings is 6. The Labute approximate surface area is 383 Å². The van der Waals surface area contributed by atoms with Gasteiger partial charge in [0.25, 0.3) is 17.7 Å². The van der Waals surface area contributed by atoms with Crippen molar-refractivity contribution >= 4 is 34.8 Å². The summed E-state index contributed by atoms with van der Waals surface area (Å²) in [7, 11) is 0. The predicted octanol–water partition coefficient (Wildman–Crippen LogP) is 6.62. The molecule has 9 aromatic rings. The molecule has 336 valence electrons. The monoisotopic (exact) mass is 897 g/mol. The van der Waals surface area contributed by atoms with E-state index in [1.165, 1.54) is 4.80 Å². The number of aromatic nitrogens is 13. The molecule has 0 bridgehead atoms. The van der Waals surface area contributed by atoms with Gasteiger partial charge in [-0.25, -0.2) is 0 Å². The molecule has 3 amide bonds. The van der Waals surface area contributed by atoms with Crippen LogP contribution in [0.25, 0.3) is 28.5 Å². The lowest BCUT2D eigenvalue weighted by molar-refractivity contribution is -0.719. The van der Waals surface area contributed by atoms with E-state index in [2.05, 4.69) is 91.9 Å². The number of carbonyl (C=O) groups excluding carboxylic acids is 3. The van der Waals surface area contributed by atoms with Gasteiger partial charge in [-0.1, -0.05) is 73.5 Å². The van der Waals surface area contributed by atoms with Crippen LogP contribution in [0.4, 0.5) is 17.1 Å². The Balaban J connectivity index is 0.000000150. The summed E-state index contributed by atoms with van der Waals surface area (Å²) in [6.07, 6.45) is 0. The zero-order valence-electron chi connectivity index (χ0n) is 36.7. The lowest BCUT2D eigenvalue weighted by Gasteiger charge is -2.10. The van der Waals surface area contributed by atoms with Gasteiger partial charge in [0.2, 0.25) is 22.1 Å². The minimum absolute atomic E-state index is 0.154. The first-order valence-corrected chi connectivity index (χ1v) is 20.8. The Bertz CT molecular complexity index is 2790. The topological polar surface area (TPSA) is 264 Å². The van der Waals surface area contributed by atoms with Gasteiger partial charge in [-0.05, 0) is 137 Å². The number of nitrogens with zero attached hydrogens (tertiary/aromatic N) is 10. The van der Waals surface area contributed by atoms with Crippen molar-refractivity contribution in [2.75, 3.05) is 22.6 Å². The SMILES string of the molecule is CC(C)COc1ccc(NC(=O)c2ccc(-[n+]3nnn[nH]3)cc2)cc1.Cc1ccc(NC(=O)c2ccc(-c3nn[nH]n3)cc2)cc1.Cc1ccc(NC(=O)c2ccc(-c3nn[nH]n3)cc2)cc1. The number of carbonyl (C=O) groups is 3. The second kappa shape index (κ2) is 22.3. The first kappa shape index (κ1) is 45.7. The average Bonchev–Trinajstić information content (AvgIpc) is 4.20. The molecular weight excluding hydrogens is 853 g/mol. The Morgan fingerprint density at radius 2 is 0.940 bits per heavy atom. The van der Waals surface area contributed by atoms with Crippen LogP contribution in [0.15, 0.2) is 146 Å². The van der Waals surface area contributed by atoms with Crippen LogP contribution in [-0.4, -0.2) is 86.4 Å². The van der Waals surface area contributed by atoms with E-state index in [0.29, 0.717) is 46.6 Å². The van der Waals surface area contributed by atoms with Crippen LogP contribution in [0, 0.1) is 19.8 Å². The molecule has 0 aliphatic heterocycles. The molecule has 0 radical (unpaired) electrons. The number of nitrogens with one attached hydrogen (secondary N) is 6. The van der Waals surface area contributed by atoms with Crippen molar-refractivity contribution in [3.63, 3.8) is 0 Å². The second-order valence-corrected chi connectivity index (χ2v) is 15.2. The Kier molecular flexibility index (Phi) is 15.2. The lowest BCUT2D eigenvalue weighted by Crippen LogP contribution is -2.36. The van der Waals surface area contributed by atoms with Crippen LogP contribution in [0.3, 0.4) is 0 Å². The van der Waals surface area contributed by atoms with Gasteiger partial charge in [-0.2, -0.15) is 10.4 Å². The highest BCUT2D eigenvalue weighted by Gasteiger charge is 2.12. The van der Waals surface area contributed by atoms with Gasteiger partial charge in [0.05, 0.1) is 6.61 Å². The summed E-state index contributed by atoms with van der Waals surface area (Å²) in [5.41, 5.74) is 8.57. The molecule has 0 fully saturated rings. The largest absolute Gasteiger partial charge is 0.493 e. The van der Waals surface area contributed by atoms with Gasteiger partial charge in [0.15, 0.2) is 5.69 Å². The van der Waals surface area contributed by atoms with Crippen molar-refractivity contribution in [1.82, 2.24) is 62.1 Å². The Morgan fingerprint density at radius 1 is 0.537 bits per heavy atom. The van der Waals surface area contributed by atoms with E-state index in [0.717, 1.165) is 45.1 Å². The molecule has 0 atom stereocenters. The number of amides is 3. The van der Waals surface area contributed by atoms with Crippen molar-refractivity contribution in [1.29, 1.82) is 0 Å². The van der Waals surface area contributed by atoms with Crippen LogP contribution in [-0.2, 0) is 0 Å². The van der Waals surface area contributed by atoms with E-state index in [1.807, 2.05) is 86.6 Å². The Hall–Kier alpha value is -9.33. The van der Waals surface area contributed by atoms with Crippen LogP contribution in [0.5, 0.6) is 5.75 Å². The standard InChI is InChI=1S/C17H18N6O2.2C15H13N5O/c1-12(2)11-25-16-9-5-14(6-10-16)18-17(24)13-3-7-15(8-4-13)23-21-19-20-22-23;2*1-10-2-8-13(9-3-10)16-15(21)12-6-4-11(5-7-12)14-17-19-20-18-14/h3-10,12H,11H2,1-2H3,(H,18,24);2*2-9H,1H3,(H,16,21)(H,17,18,19,20)/p+1. The number of aryl methyl sites for hydroxylation is 2.